The van der Waals surface area contributed by atoms with Crippen molar-refractivity contribution in [1.82, 2.24) is 9.61 Å². The van der Waals surface area contributed by atoms with E-state index in [4.69, 9.17) is 0 Å². The molecule has 1 fully saturated rings. The van der Waals surface area contributed by atoms with Crippen LogP contribution in [0.3, 0.4) is 0 Å². The van der Waals surface area contributed by atoms with Gasteiger partial charge in [0.05, 0.1) is 17.8 Å². The molecular weight excluding hydrogens is 284 g/mol. The van der Waals surface area contributed by atoms with E-state index < -0.39 is 5.82 Å². The van der Waals surface area contributed by atoms with Crippen LogP contribution >= 0.6 is 0 Å². The highest BCUT2D eigenvalue weighted by atomic mass is 19.1. The van der Waals surface area contributed by atoms with Crippen LogP contribution in [0.25, 0.3) is 5.52 Å². The minimum Gasteiger partial charge on any atom is -0.364 e. The molecule has 0 bridgehead atoms. The van der Waals surface area contributed by atoms with Crippen molar-refractivity contribution < 1.29 is 8.78 Å². The van der Waals surface area contributed by atoms with Gasteiger partial charge in [0.25, 0.3) is 0 Å². The lowest BCUT2D eigenvalue weighted by atomic mass is 10.0. The Morgan fingerprint density at radius 1 is 1.18 bits per heavy atom. The number of hydrogen-bond acceptors (Lipinski definition) is 2. The molecule has 111 valence electrons. The first-order valence-electron chi connectivity index (χ1n) is 7.29. The highest BCUT2D eigenvalue weighted by Gasteiger charge is 2.28. The zero-order chi connectivity index (χ0) is 15.1. The minimum absolute atomic E-state index is 0.138. The van der Waals surface area contributed by atoms with Crippen LogP contribution in [0.4, 0.5) is 14.5 Å². The Bertz CT molecular complexity index is 828. The summed E-state index contributed by atoms with van der Waals surface area (Å²) in [5.41, 5.74) is 2.27. The van der Waals surface area contributed by atoms with Gasteiger partial charge >= 0.3 is 0 Å². The molecule has 0 amide bonds. The number of pyridine rings is 1. The van der Waals surface area contributed by atoms with Crippen LogP contribution < -0.4 is 4.90 Å². The highest BCUT2D eigenvalue weighted by Crippen LogP contribution is 2.37. The molecule has 1 saturated heterocycles. The Balaban J connectivity index is 1.75. The van der Waals surface area contributed by atoms with Crippen LogP contribution in [0.1, 0.15) is 24.4 Å². The number of benzene rings is 1. The van der Waals surface area contributed by atoms with Crippen LogP contribution in [-0.2, 0) is 0 Å². The zero-order valence-corrected chi connectivity index (χ0v) is 11.8. The van der Waals surface area contributed by atoms with Crippen LogP contribution in [0.5, 0.6) is 0 Å². The van der Waals surface area contributed by atoms with Gasteiger partial charge in [-0.15, -0.1) is 0 Å². The molecule has 1 aromatic carbocycles. The number of aromatic nitrogens is 2. The van der Waals surface area contributed by atoms with E-state index in [0.717, 1.165) is 36.7 Å². The van der Waals surface area contributed by atoms with Gasteiger partial charge in [0, 0.05) is 30.1 Å². The molecule has 1 unspecified atom stereocenters. The van der Waals surface area contributed by atoms with Gasteiger partial charge in [-0.25, -0.2) is 13.3 Å². The van der Waals surface area contributed by atoms with E-state index in [-0.39, 0.29) is 11.9 Å². The van der Waals surface area contributed by atoms with Crippen molar-refractivity contribution in [2.24, 2.45) is 0 Å². The van der Waals surface area contributed by atoms with Gasteiger partial charge in [-0.2, -0.15) is 5.10 Å². The van der Waals surface area contributed by atoms with Gasteiger partial charge in [-0.1, -0.05) is 0 Å². The van der Waals surface area contributed by atoms with Crippen molar-refractivity contribution in [3.8, 4) is 0 Å². The lowest BCUT2D eigenvalue weighted by molar-refractivity contribution is 0.561. The Labute approximate surface area is 126 Å². The first kappa shape index (κ1) is 13.2. The highest BCUT2D eigenvalue weighted by molar-refractivity contribution is 5.60. The molecule has 1 aliphatic rings. The van der Waals surface area contributed by atoms with Crippen LogP contribution in [0, 0.1) is 17.7 Å². The fraction of sp³-hybridized carbons (Fsp3) is 0.235. The molecule has 1 radical (unpaired) electrons. The third-order valence-electron chi connectivity index (χ3n) is 4.21. The predicted octanol–water partition coefficient (Wildman–Crippen LogP) is 3.75. The predicted molar refractivity (Wildman–Crippen MR) is 79.7 cm³/mol. The molecule has 3 heterocycles. The Morgan fingerprint density at radius 3 is 3.00 bits per heavy atom. The summed E-state index contributed by atoms with van der Waals surface area (Å²) in [6.45, 7) is 0.824. The topological polar surface area (TPSA) is 20.5 Å². The van der Waals surface area contributed by atoms with Gasteiger partial charge < -0.3 is 4.90 Å². The maximum atomic E-state index is 14.1. The maximum Gasteiger partial charge on any atom is 0.128 e. The molecule has 22 heavy (non-hydrogen) atoms. The smallest absolute Gasteiger partial charge is 0.128 e. The number of nitrogens with zero attached hydrogens (tertiary/aromatic N) is 3. The van der Waals surface area contributed by atoms with E-state index in [0.29, 0.717) is 5.56 Å². The molecule has 0 aliphatic carbocycles. The average molecular weight is 298 g/mol. The van der Waals surface area contributed by atoms with Crippen LogP contribution in [-0.4, -0.2) is 16.2 Å². The van der Waals surface area contributed by atoms with E-state index >= 15 is 0 Å². The number of rotatable bonds is 2. The van der Waals surface area contributed by atoms with Crippen molar-refractivity contribution in [2.45, 2.75) is 18.9 Å². The summed E-state index contributed by atoms with van der Waals surface area (Å²) in [4.78, 5) is 2.12. The minimum atomic E-state index is -0.400. The van der Waals surface area contributed by atoms with E-state index in [1.54, 1.807) is 10.7 Å². The van der Waals surface area contributed by atoms with Crippen molar-refractivity contribution in [3.05, 3.63) is 66.0 Å². The molecule has 1 aliphatic heterocycles. The summed E-state index contributed by atoms with van der Waals surface area (Å²) in [5.74, 6) is -0.752. The first-order valence-corrected chi connectivity index (χ1v) is 7.29. The van der Waals surface area contributed by atoms with Gasteiger partial charge in [0.15, 0.2) is 0 Å². The molecule has 3 nitrogen and oxygen atoms in total. The quantitative estimate of drug-likeness (QED) is 0.718. The second-order valence-electron chi connectivity index (χ2n) is 5.52. The van der Waals surface area contributed by atoms with Gasteiger partial charge in [0.1, 0.15) is 11.6 Å². The number of halogens is 2. The third kappa shape index (κ3) is 2.13. The Morgan fingerprint density at radius 2 is 2.09 bits per heavy atom. The molecule has 1 atom stereocenters. The molecule has 0 N–H and O–H groups in total. The summed E-state index contributed by atoms with van der Waals surface area (Å²) in [7, 11) is 0. The van der Waals surface area contributed by atoms with Crippen molar-refractivity contribution in [2.75, 3.05) is 11.4 Å². The lowest BCUT2D eigenvalue weighted by Gasteiger charge is -2.27. The Kier molecular flexibility index (Phi) is 3.06. The summed E-state index contributed by atoms with van der Waals surface area (Å²) in [6.07, 6.45) is 5.24. The van der Waals surface area contributed by atoms with Gasteiger partial charge in [0.2, 0.25) is 0 Å². The van der Waals surface area contributed by atoms with E-state index in [9.17, 15) is 8.78 Å². The monoisotopic (exact) mass is 298 g/mol. The molecule has 4 rings (SSSR count). The number of hydrogen-bond donors (Lipinski definition) is 0. The average Bonchev–Trinajstić information content (AvgIpc) is 3.17. The largest absolute Gasteiger partial charge is 0.364 e. The van der Waals surface area contributed by atoms with Crippen molar-refractivity contribution in [1.29, 1.82) is 0 Å². The Hall–Kier alpha value is -2.43. The molecule has 5 heteroatoms. The molecule has 0 saturated carbocycles. The van der Waals surface area contributed by atoms with Gasteiger partial charge in [-0.3, -0.25) is 0 Å². The maximum absolute atomic E-state index is 14.1. The number of anilines is 1. The summed E-state index contributed by atoms with van der Waals surface area (Å²) >= 11 is 0. The normalized spacial score (nSPS) is 18.3. The lowest BCUT2D eigenvalue weighted by Crippen LogP contribution is -2.23. The summed E-state index contributed by atoms with van der Waals surface area (Å²) < 4.78 is 29.3. The van der Waals surface area contributed by atoms with Crippen molar-refractivity contribution in [3.63, 3.8) is 0 Å². The SMILES string of the molecule is Fc1ccc(F)c(C2CCCN2c2ccn3nc[c]c3c2)c1. The fourth-order valence-electron chi connectivity index (χ4n) is 3.19. The van der Waals surface area contributed by atoms with Crippen molar-refractivity contribution >= 4 is 11.2 Å². The fourth-order valence-corrected chi connectivity index (χ4v) is 3.19. The summed E-state index contributed by atoms with van der Waals surface area (Å²) in [5, 5.41) is 4.12. The van der Waals surface area contributed by atoms with E-state index in [1.165, 1.54) is 12.1 Å². The first-order chi connectivity index (χ1) is 10.7. The van der Waals surface area contributed by atoms with E-state index in [1.807, 2.05) is 18.3 Å². The molecule has 0 spiro atoms. The summed E-state index contributed by atoms with van der Waals surface area (Å²) in [6, 6.07) is 10.5. The van der Waals surface area contributed by atoms with Crippen LogP contribution in [0.15, 0.2) is 42.7 Å². The second kappa shape index (κ2) is 5.09. The molecular formula is C17H14F2N3. The van der Waals surface area contributed by atoms with Gasteiger partial charge in [-0.05, 0) is 43.2 Å². The standard InChI is InChI=1S/C17H14F2N3/c18-12-3-4-16(19)15(10-12)17-2-1-8-21(17)13-6-9-22-14(11-13)5-7-20-22/h3-4,6-7,9-11,17H,1-2,8H2. The van der Waals surface area contributed by atoms with E-state index in [2.05, 4.69) is 16.1 Å². The molecule has 3 aromatic rings. The number of fused-ring (bicyclic) bond motifs is 1. The zero-order valence-electron chi connectivity index (χ0n) is 11.8. The molecule has 2 aromatic heterocycles. The third-order valence-corrected chi connectivity index (χ3v) is 4.21. The van der Waals surface area contributed by atoms with Crippen LogP contribution in [0.2, 0.25) is 0 Å². The second-order valence-corrected chi connectivity index (χ2v) is 5.52.